The second-order valence-corrected chi connectivity index (χ2v) is 7.17. The van der Waals surface area contributed by atoms with Crippen molar-refractivity contribution in [2.45, 2.75) is 50.9 Å². The van der Waals surface area contributed by atoms with Gasteiger partial charge >= 0.3 is 0 Å². The second kappa shape index (κ2) is 10.5. The van der Waals surface area contributed by atoms with E-state index in [1.54, 1.807) is 7.11 Å². The van der Waals surface area contributed by atoms with Gasteiger partial charge < -0.3 is 9.47 Å². The van der Waals surface area contributed by atoms with Crippen LogP contribution in [0.25, 0.3) is 0 Å². The number of hydrogen-bond donors (Lipinski definition) is 0. The van der Waals surface area contributed by atoms with Crippen LogP contribution in [-0.2, 0) is 22.6 Å². The van der Waals surface area contributed by atoms with E-state index in [1.807, 2.05) is 0 Å². The zero-order valence-electron chi connectivity index (χ0n) is 15.8. The maximum absolute atomic E-state index is 5.94. The van der Waals surface area contributed by atoms with Crippen LogP contribution in [0.5, 0.6) is 0 Å². The first-order valence-electron chi connectivity index (χ1n) is 9.77. The van der Waals surface area contributed by atoms with E-state index in [2.05, 4.69) is 65.6 Å². The molecule has 0 aliphatic heterocycles. The minimum absolute atomic E-state index is 0.400. The summed E-state index contributed by atoms with van der Waals surface area (Å²) in [6.45, 7) is 3.42. The number of rotatable bonds is 9. The lowest BCUT2D eigenvalue weighted by atomic mass is 9.91. The van der Waals surface area contributed by atoms with Gasteiger partial charge in [0.2, 0.25) is 0 Å². The number of hydrogen-bond acceptors (Lipinski definition) is 3. The van der Waals surface area contributed by atoms with Crippen molar-refractivity contribution in [3.05, 3.63) is 71.8 Å². The average Bonchev–Trinajstić information content (AvgIpc) is 2.70. The lowest BCUT2D eigenvalue weighted by Crippen LogP contribution is -2.39. The van der Waals surface area contributed by atoms with Crippen molar-refractivity contribution >= 4 is 0 Å². The summed E-state index contributed by atoms with van der Waals surface area (Å²) < 4.78 is 11.0. The topological polar surface area (TPSA) is 21.7 Å². The normalized spacial score (nSPS) is 20.4. The zero-order chi connectivity index (χ0) is 18.0. The Balaban J connectivity index is 1.60. The van der Waals surface area contributed by atoms with Crippen LogP contribution in [0.1, 0.15) is 36.8 Å². The summed E-state index contributed by atoms with van der Waals surface area (Å²) in [5.74, 6) is 0. The Bertz CT molecular complexity index is 567. The third kappa shape index (κ3) is 5.94. The van der Waals surface area contributed by atoms with Crippen LogP contribution in [0.15, 0.2) is 60.7 Å². The monoisotopic (exact) mass is 353 g/mol. The second-order valence-electron chi connectivity index (χ2n) is 7.17. The lowest BCUT2D eigenvalue weighted by Gasteiger charge is -2.37. The molecule has 0 atom stereocenters. The molecular weight excluding hydrogens is 322 g/mol. The van der Waals surface area contributed by atoms with Gasteiger partial charge in [-0.2, -0.15) is 0 Å². The maximum Gasteiger partial charge on any atom is 0.0704 e. The molecule has 2 aromatic carbocycles. The average molecular weight is 354 g/mol. The molecule has 1 aliphatic carbocycles. The van der Waals surface area contributed by atoms with Gasteiger partial charge in [0.05, 0.1) is 19.3 Å². The molecule has 0 unspecified atom stereocenters. The molecule has 2 aromatic rings. The Labute approximate surface area is 157 Å². The van der Waals surface area contributed by atoms with Crippen LogP contribution in [0, 0.1) is 0 Å². The molecule has 3 nitrogen and oxygen atoms in total. The molecule has 0 bridgehead atoms. The lowest BCUT2D eigenvalue weighted by molar-refractivity contribution is -0.0161. The summed E-state index contributed by atoms with van der Waals surface area (Å²) in [7, 11) is 1.73. The molecule has 1 aliphatic rings. The number of nitrogens with zero attached hydrogens (tertiary/aromatic N) is 1. The highest BCUT2D eigenvalue weighted by atomic mass is 16.5. The van der Waals surface area contributed by atoms with Crippen LogP contribution < -0.4 is 0 Å². The Morgan fingerprint density at radius 2 is 1.31 bits per heavy atom. The van der Waals surface area contributed by atoms with E-state index < -0.39 is 0 Å². The molecule has 0 heterocycles. The fraction of sp³-hybridized carbons (Fsp3) is 0.478. The SMILES string of the molecule is COCCOC1CCC(N(Cc2ccccc2)Cc2ccccc2)CC1. The molecular formula is C23H31NO2. The predicted octanol–water partition coefficient (Wildman–Crippen LogP) is 4.66. The third-order valence-electron chi connectivity index (χ3n) is 5.26. The van der Waals surface area contributed by atoms with Crippen LogP contribution in [0.2, 0.25) is 0 Å². The molecule has 0 aromatic heterocycles. The van der Waals surface area contributed by atoms with Crippen molar-refractivity contribution < 1.29 is 9.47 Å². The van der Waals surface area contributed by atoms with E-state index in [0.717, 1.165) is 25.9 Å². The van der Waals surface area contributed by atoms with Crippen molar-refractivity contribution in [3.63, 3.8) is 0 Å². The standard InChI is InChI=1S/C23H31NO2/c1-25-16-17-26-23-14-12-22(13-15-23)24(18-20-8-4-2-5-9-20)19-21-10-6-3-7-11-21/h2-11,22-23H,12-19H2,1H3. The molecule has 0 spiro atoms. The predicted molar refractivity (Wildman–Crippen MR) is 106 cm³/mol. The Morgan fingerprint density at radius 3 is 1.81 bits per heavy atom. The molecule has 1 saturated carbocycles. The van der Waals surface area contributed by atoms with E-state index in [9.17, 15) is 0 Å². The van der Waals surface area contributed by atoms with Crippen molar-refractivity contribution in [2.24, 2.45) is 0 Å². The highest BCUT2D eigenvalue weighted by Crippen LogP contribution is 2.27. The van der Waals surface area contributed by atoms with E-state index in [4.69, 9.17) is 9.47 Å². The number of benzene rings is 2. The van der Waals surface area contributed by atoms with Gasteiger partial charge in [0.1, 0.15) is 0 Å². The van der Waals surface area contributed by atoms with Crippen LogP contribution in [0.3, 0.4) is 0 Å². The van der Waals surface area contributed by atoms with E-state index in [1.165, 1.54) is 24.0 Å². The van der Waals surface area contributed by atoms with Gasteiger partial charge in [-0.25, -0.2) is 0 Å². The molecule has 0 radical (unpaired) electrons. The summed E-state index contributed by atoms with van der Waals surface area (Å²) in [6, 6.07) is 22.3. The van der Waals surface area contributed by atoms with Gasteiger partial charge in [-0.3, -0.25) is 4.90 Å². The molecule has 1 fully saturated rings. The fourth-order valence-corrected chi connectivity index (χ4v) is 3.83. The van der Waals surface area contributed by atoms with Gasteiger partial charge in [-0.05, 0) is 36.8 Å². The molecule has 3 rings (SSSR count). The molecule has 0 amide bonds. The summed E-state index contributed by atoms with van der Waals surface area (Å²) in [5, 5.41) is 0. The summed E-state index contributed by atoms with van der Waals surface area (Å²) >= 11 is 0. The largest absolute Gasteiger partial charge is 0.382 e. The van der Waals surface area contributed by atoms with Crippen LogP contribution in [0.4, 0.5) is 0 Å². The molecule has 140 valence electrons. The third-order valence-corrected chi connectivity index (χ3v) is 5.26. The van der Waals surface area contributed by atoms with E-state index >= 15 is 0 Å². The van der Waals surface area contributed by atoms with Crippen molar-refractivity contribution in [2.75, 3.05) is 20.3 Å². The van der Waals surface area contributed by atoms with Crippen molar-refractivity contribution in [1.29, 1.82) is 0 Å². The minimum Gasteiger partial charge on any atom is -0.382 e. The van der Waals surface area contributed by atoms with Gasteiger partial charge in [0.25, 0.3) is 0 Å². The maximum atomic E-state index is 5.94. The van der Waals surface area contributed by atoms with E-state index in [-0.39, 0.29) is 0 Å². The Morgan fingerprint density at radius 1 is 0.769 bits per heavy atom. The molecule has 26 heavy (non-hydrogen) atoms. The highest BCUT2D eigenvalue weighted by Gasteiger charge is 2.26. The smallest absolute Gasteiger partial charge is 0.0704 e. The van der Waals surface area contributed by atoms with Crippen molar-refractivity contribution in [3.8, 4) is 0 Å². The van der Waals surface area contributed by atoms with Gasteiger partial charge in [-0.15, -0.1) is 0 Å². The number of ether oxygens (including phenoxy) is 2. The fourth-order valence-electron chi connectivity index (χ4n) is 3.83. The summed E-state index contributed by atoms with van der Waals surface area (Å²) in [4.78, 5) is 2.65. The van der Waals surface area contributed by atoms with Gasteiger partial charge in [-0.1, -0.05) is 60.7 Å². The Hall–Kier alpha value is -1.68. The number of methoxy groups -OCH3 is 1. The van der Waals surface area contributed by atoms with Gasteiger partial charge in [0, 0.05) is 26.2 Å². The summed E-state index contributed by atoms with van der Waals surface area (Å²) in [5.41, 5.74) is 2.78. The zero-order valence-corrected chi connectivity index (χ0v) is 15.8. The van der Waals surface area contributed by atoms with Gasteiger partial charge in [0.15, 0.2) is 0 Å². The van der Waals surface area contributed by atoms with E-state index in [0.29, 0.717) is 25.4 Å². The summed E-state index contributed by atoms with van der Waals surface area (Å²) in [6.07, 6.45) is 5.11. The molecule has 0 saturated heterocycles. The molecule has 0 N–H and O–H groups in total. The first kappa shape index (κ1) is 19.1. The van der Waals surface area contributed by atoms with Crippen LogP contribution >= 0.6 is 0 Å². The molecule has 3 heteroatoms. The minimum atomic E-state index is 0.400. The van der Waals surface area contributed by atoms with Crippen LogP contribution in [-0.4, -0.2) is 37.4 Å². The quantitative estimate of drug-likeness (QED) is 0.612. The van der Waals surface area contributed by atoms with Crippen molar-refractivity contribution in [1.82, 2.24) is 4.90 Å². The highest BCUT2D eigenvalue weighted by molar-refractivity contribution is 5.17. The first-order valence-corrected chi connectivity index (χ1v) is 9.77. The first-order chi connectivity index (χ1) is 12.8. The Kier molecular flexibility index (Phi) is 7.68.